The Labute approximate surface area is 164 Å². The van der Waals surface area contributed by atoms with Gasteiger partial charge in [0.1, 0.15) is 0 Å². The first-order valence-electron chi connectivity index (χ1n) is 9.13. The van der Waals surface area contributed by atoms with Crippen LogP contribution in [0.4, 0.5) is 0 Å². The molecule has 4 aromatic rings. The van der Waals surface area contributed by atoms with Gasteiger partial charge in [0.2, 0.25) is 0 Å². The summed E-state index contributed by atoms with van der Waals surface area (Å²) in [5.74, 6) is 0. The Hall–Kier alpha value is -2.91. The molecule has 0 unspecified atom stereocenters. The van der Waals surface area contributed by atoms with Crippen molar-refractivity contribution in [3.8, 4) is 11.3 Å². The van der Waals surface area contributed by atoms with Crippen molar-refractivity contribution in [1.29, 1.82) is 0 Å². The van der Waals surface area contributed by atoms with E-state index in [4.69, 9.17) is 4.99 Å². The minimum Gasteiger partial charge on any atom is -0.312 e. The summed E-state index contributed by atoms with van der Waals surface area (Å²) in [7, 11) is 0. The maximum atomic E-state index is 4.92. The fourth-order valence-electron chi connectivity index (χ4n) is 3.07. The number of thiazole rings is 1. The van der Waals surface area contributed by atoms with E-state index in [1.165, 1.54) is 27.9 Å². The van der Waals surface area contributed by atoms with E-state index < -0.39 is 0 Å². The second-order valence-electron chi connectivity index (χ2n) is 6.64. The summed E-state index contributed by atoms with van der Waals surface area (Å²) in [6.07, 6.45) is 0. The molecular weight excluding hydrogens is 348 g/mol. The number of hydrogen-bond donors (Lipinski definition) is 0. The molecule has 4 rings (SSSR count). The Morgan fingerprint density at radius 2 is 1.41 bits per heavy atom. The monoisotopic (exact) mass is 370 g/mol. The molecule has 3 aromatic carbocycles. The van der Waals surface area contributed by atoms with Crippen LogP contribution in [0.1, 0.15) is 16.7 Å². The average Bonchev–Trinajstić information content (AvgIpc) is 3.11. The van der Waals surface area contributed by atoms with E-state index in [1.807, 2.05) is 6.07 Å². The van der Waals surface area contributed by atoms with Crippen LogP contribution in [0.15, 0.2) is 95.3 Å². The van der Waals surface area contributed by atoms with Crippen molar-refractivity contribution in [2.24, 2.45) is 4.99 Å². The lowest BCUT2D eigenvalue weighted by Gasteiger charge is -2.10. The van der Waals surface area contributed by atoms with Crippen LogP contribution >= 0.6 is 11.3 Å². The molecule has 0 aliphatic carbocycles. The minimum absolute atomic E-state index is 0.698. The Bertz CT molecular complexity index is 1060. The van der Waals surface area contributed by atoms with Gasteiger partial charge >= 0.3 is 0 Å². The van der Waals surface area contributed by atoms with Crippen LogP contribution < -0.4 is 4.80 Å². The van der Waals surface area contributed by atoms with E-state index in [0.29, 0.717) is 6.54 Å². The second-order valence-corrected chi connectivity index (χ2v) is 7.48. The van der Waals surface area contributed by atoms with E-state index in [1.54, 1.807) is 11.3 Å². The maximum Gasteiger partial charge on any atom is 0.185 e. The van der Waals surface area contributed by atoms with Crippen LogP contribution in [0.3, 0.4) is 0 Å². The van der Waals surface area contributed by atoms with Crippen molar-refractivity contribution in [3.63, 3.8) is 0 Å². The zero-order chi connectivity index (χ0) is 18.5. The van der Waals surface area contributed by atoms with Crippen LogP contribution in [0, 0.1) is 6.92 Å². The normalized spacial score (nSPS) is 11.7. The molecular formula is C24H22N2S. The Morgan fingerprint density at radius 1 is 0.778 bits per heavy atom. The standard InChI is InChI=1S/C24H22N2S/c1-19-12-14-22(15-13-19)23-18-27-24(25-16-20-8-4-2-5-9-20)26(23)17-21-10-6-3-7-11-21/h2-15,18H,16-17H2,1H3. The molecule has 0 radical (unpaired) electrons. The highest BCUT2D eigenvalue weighted by Gasteiger charge is 2.09. The zero-order valence-corrected chi connectivity index (χ0v) is 16.2. The quantitative estimate of drug-likeness (QED) is 0.430. The average molecular weight is 371 g/mol. The van der Waals surface area contributed by atoms with Crippen molar-refractivity contribution in [1.82, 2.24) is 4.57 Å². The lowest BCUT2D eigenvalue weighted by molar-refractivity contribution is 0.761. The van der Waals surface area contributed by atoms with Gasteiger partial charge in [-0.2, -0.15) is 0 Å². The first-order chi connectivity index (χ1) is 13.3. The number of aryl methyl sites for hydroxylation is 1. The third kappa shape index (κ3) is 4.26. The van der Waals surface area contributed by atoms with Crippen molar-refractivity contribution in [3.05, 3.63) is 112 Å². The van der Waals surface area contributed by atoms with Gasteiger partial charge in [-0.3, -0.25) is 4.99 Å². The van der Waals surface area contributed by atoms with Gasteiger partial charge in [-0.1, -0.05) is 90.5 Å². The molecule has 27 heavy (non-hydrogen) atoms. The largest absolute Gasteiger partial charge is 0.312 e. The summed E-state index contributed by atoms with van der Waals surface area (Å²) in [6, 6.07) is 29.7. The molecule has 134 valence electrons. The molecule has 1 heterocycles. The molecule has 0 bridgehead atoms. The van der Waals surface area contributed by atoms with Gasteiger partial charge in [-0.25, -0.2) is 0 Å². The van der Waals surface area contributed by atoms with Gasteiger partial charge in [-0.05, 0) is 23.6 Å². The smallest absolute Gasteiger partial charge is 0.185 e. The number of aromatic nitrogens is 1. The summed E-state index contributed by atoms with van der Waals surface area (Å²) in [4.78, 5) is 5.97. The topological polar surface area (TPSA) is 17.3 Å². The Kier molecular flexibility index (Phi) is 5.31. The first-order valence-corrected chi connectivity index (χ1v) is 10.0. The van der Waals surface area contributed by atoms with Crippen LogP contribution in [0.2, 0.25) is 0 Å². The molecule has 0 saturated carbocycles. The summed E-state index contributed by atoms with van der Waals surface area (Å²) < 4.78 is 2.33. The molecule has 2 nitrogen and oxygen atoms in total. The first kappa shape index (κ1) is 17.5. The Morgan fingerprint density at radius 3 is 2.07 bits per heavy atom. The van der Waals surface area contributed by atoms with E-state index in [-0.39, 0.29) is 0 Å². The minimum atomic E-state index is 0.698. The van der Waals surface area contributed by atoms with E-state index in [9.17, 15) is 0 Å². The Balaban J connectivity index is 1.75. The molecule has 0 spiro atoms. The predicted molar refractivity (Wildman–Crippen MR) is 114 cm³/mol. The number of nitrogens with zero attached hydrogens (tertiary/aromatic N) is 2. The van der Waals surface area contributed by atoms with Gasteiger partial charge in [0, 0.05) is 5.38 Å². The van der Waals surface area contributed by atoms with E-state index >= 15 is 0 Å². The molecule has 0 atom stereocenters. The molecule has 0 amide bonds. The van der Waals surface area contributed by atoms with E-state index in [0.717, 1.165) is 11.3 Å². The summed E-state index contributed by atoms with van der Waals surface area (Å²) in [5, 5.41) is 2.22. The van der Waals surface area contributed by atoms with Crippen LogP contribution in [-0.4, -0.2) is 4.57 Å². The fourth-order valence-corrected chi connectivity index (χ4v) is 3.98. The number of benzene rings is 3. The van der Waals surface area contributed by atoms with E-state index in [2.05, 4.69) is 95.7 Å². The highest BCUT2D eigenvalue weighted by molar-refractivity contribution is 7.07. The van der Waals surface area contributed by atoms with Crippen molar-refractivity contribution >= 4 is 11.3 Å². The molecule has 0 aliphatic rings. The van der Waals surface area contributed by atoms with Crippen LogP contribution in [-0.2, 0) is 13.1 Å². The summed E-state index contributed by atoms with van der Waals surface area (Å²) >= 11 is 1.71. The van der Waals surface area contributed by atoms with Crippen molar-refractivity contribution < 1.29 is 0 Å². The second kappa shape index (κ2) is 8.19. The highest BCUT2D eigenvalue weighted by atomic mass is 32.1. The predicted octanol–water partition coefficient (Wildman–Crippen LogP) is 5.67. The molecule has 1 aromatic heterocycles. The zero-order valence-electron chi connectivity index (χ0n) is 15.4. The van der Waals surface area contributed by atoms with Gasteiger partial charge < -0.3 is 4.57 Å². The number of hydrogen-bond acceptors (Lipinski definition) is 2. The lowest BCUT2D eigenvalue weighted by atomic mass is 10.1. The third-order valence-electron chi connectivity index (χ3n) is 4.57. The SMILES string of the molecule is Cc1ccc(-c2csc(=NCc3ccccc3)n2Cc2ccccc2)cc1. The molecule has 0 aliphatic heterocycles. The summed E-state index contributed by atoms with van der Waals surface area (Å²) in [6.45, 7) is 3.64. The van der Waals surface area contributed by atoms with Crippen molar-refractivity contribution in [2.75, 3.05) is 0 Å². The molecule has 0 N–H and O–H groups in total. The lowest BCUT2D eigenvalue weighted by Crippen LogP contribution is -2.17. The molecule has 0 saturated heterocycles. The maximum absolute atomic E-state index is 4.92. The highest BCUT2D eigenvalue weighted by Crippen LogP contribution is 2.22. The van der Waals surface area contributed by atoms with Gasteiger partial charge in [0.15, 0.2) is 4.80 Å². The number of rotatable bonds is 5. The fraction of sp³-hybridized carbons (Fsp3) is 0.125. The van der Waals surface area contributed by atoms with Crippen LogP contribution in [0.25, 0.3) is 11.3 Å². The molecule has 0 fully saturated rings. The molecule has 3 heteroatoms. The van der Waals surface area contributed by atoms with Gasteiger partial charge in [0.05, 0.1) is 18.8 Å². The van der Waals surface area contributed by atoms with Gasteiger partial charge in [0.25, 0.3) is 0 Å². The third-order valence-corrected chi connectivity index (χ3v) is 5.47. The van der Waals surface area contributed by atoms with Gasteiger partial charge in [-0.15, -0.1) is 11.3 Å². The van der Waals surface area contributed by atoms with Crippen LogP contribution in [0.5, 0.6) is 0 Å². The van der Waals surface area contributed by atoms with Crippen molar-refractivity contribution in [2.45, 2.75) is 20.0 Å². The summed E-state index contributed by atoms with van der Waals surface area (Å²) in [5.41, 5.74) is 6.24.